The standard InChI is InChI=1S/C3H5F4NO.ClH/c4-2(5)3(6,7)1-9-8;/h2H,1,8H2;1H. The maximum atomic E-state index is 11.6. The lowest BCUT2D eigenvalue weighted by molar-refractivity contribution is -0.166. The molecule has 0 aliphatic carbocycles. The quantitative estimate of drug-likeness (QED) is 0.527. The van der Waals surface area contributed by atoms with Gasteiger partial charge in [0.15, 0.2) is 0 Å². The Bertz CT molecular complexity index is 90.6. The molecule has 0 saturated carbocycles. The van der Waals surface area contributed by atoms with Crippen LogP contribution in [0.25, 0.3) is 0 Å². The Kier molecular flexibility index (Phi) is 5.92. The van der Waals surface area contributed by atoms with Crippen molar-refractivity contribution in [2.75, 3.05) is 6.61 Å². The summed E-state index contributed by atoms with van der Waals surface area (Å²) in [6.45, 7) is -1.45. The average Bonchev–Trinajstić information content (AvgIpc) is 1.65. The van der Waals surface area contributed by atoms with Gasteiger partial charge in [-0.2, -0.15) is 8.78 Å². The van der Waals surface area contributed by atoms with Crippen molar-refractivity contribution in [2.45, 2.75) is 12.3 Å². The van der Waals surface area contributed by atoms with Gasteiger partial charge in [0.05, 0.1) is 0 Å². The van der Waals surface area contributed by atoms with E-state index < -0.39 is 19.0 Å². The van der Waals surface area contributed by atoms with Gasteiger partial charge >= 0.3 is 12.3 Å². The molecule has 7 heteroatoms. The molecular weight excluding hydrogens is 177 g/mol. The maximum Gasteiger partial charge on any atom is 0.332 e. The van der Waals surface area contributed by atoms with Crippen LogP contribution in [0.15, 0.2) is 0 Å². The Morgan fingerprint density at radius 3 is 1.90 bits per heavy atom. The first-order valence-corrected chi connectivity index (χ1v) is 1.98. The molecule has 0 radical (unpaired) electrons. The first kappa shape index (κ1) is 12.6. The highest BCUT2D eigenvalue weighted by Gasteiger charge is 2.40. The molecule has 0 aliphatic heterocycles. The Labute approximate surface area is 60.7 Å². The lowest BCUT2D eigenvalue weighted by atomic mass is 10.4. The van der Waals surface area contributed by atoms with Gasteiger partial charge in [-0.25, -0.2) is 14.7 Å². The molecular formula is C3H6ClF4NO. The number of nitrogens with two attached hydrogens (primary N) is 1. The molecule has 0 aliphatic rings. The molecule has 0 spiro atoms. The van der Waals surface area contributed by atoms with Crippen LogP contribution in [0, 0.1) is 0 Å². The predicted octanol–water partition coefficient (Wildman–Crippen LogP) is 1.20. The van der Waals surface area contributed by atoms with E-state index in [1.54, 1.807) is 0 Å². The third-order valence-electron chi connectivity index (χ3n) is 0.595. The molecule has 0 aromatic rings. The molecule has 2 nitrogen and oxygen atoms in total. The van der Waals surface area contributed by atoms with Gasteiger partial charge in [0.2, 0.25) is 0 Å². The van der Waals surface area contributed by atoms with E-state index in [2.05, 4.69) is 10.7 Å². The Hall–Kier alpha value is -0.0700. The Balaban J connectivity index is 0. The monoisotopic (exact) mass is 183 g/mol. The molecule has 0 heterocycles. The van der Waals surface area contributed by atoms with Crippen LogP contribution in [0.5, 0.6) is 0 Å². The van der Waals surface area contributed by atoms with Crippen molar-refractivity contribution in [3.05, 3.63) is 0 Å². The first-order valence-electron chi connectivity index (χ1n) is 1.98. The fourth-order valence-corrected chi connectivity index (χ4v) is 0.174. The van der Waals surface area contributed by atoms with E-state index >= 15 is 0 Å². The van der Waals surface area contributed by atoms with Crippen LogP contribution in [0.2, 0.25) is 0 Å². The Morgan fingerprint density at radius 1 is 1.40 bits per heavy atom. The highest BCUT2D eigenvalue weighted by atomic mass is 35.5. The second-order valence-corrected chi connectivity index (χ2v) is 1.37. The number of alkyl halides is 4. The van der Waals surface area contributed by atoms with Crippen LogP contribution in [-0.2, 0) is 4.84 Å². The van der Waals surface area contributed by atoms with Gasteiger partial charge in [-0.15, -0.1) is 12.4 Å². The van der Waals surface area contributed by atoms with Crippen LogP contribution in [0.1, 0.15) is 0 Å². The summed E-state index contributed by atoms with van der Waals surface area (Å²) in [6, 6.07) is 0. The normalized spacial score (nSPS) is 11.4. The van der Waals surface area contributed by atoms with Gasteiger partial charge in [0.1, 0.15) is 6.61 Å². The summed E-state index contributed by atoms with van der Waals surface area (Å²) in [4.78, 5) is 3.34. The van der Waals surface area contributed by atoms with Gasteiger partial charge in [0.25, 0.3) is 0 Å². The summed E-state index contributed by atoms with van der Waals surface area (Å²) in [6.07, 6.45) is -3.72. The lowest BCUT2D eigenvalue weighted by Gasteiger charge is -2.11. The van der Waals surface area contributed by atoms with Crippen LogP contribution in [0.3, 0.4) is 0 Å². The minimum atomic E-state index is -4.13. The van der Waals surface area contributed by atoms with E-state index in [-0.39, 0.29) is 12.4 Å². The van der Waals surface area contributed by atoms with Gasteiger partial charge in [-0.1, -0.05) is 0 Å². The van der Waals surface area contributed by atoms with Gasteiger partial charge < -0.3 is 0 Å². The van der Waals surface area contributed by atoms with Crippen molar-refractivity contribution in [3.63, 3.8) is 0 Å². The number of hydrogen-bond acceptors (Lipinski definition) is 2. The summed E-state index contributed by atoms with van der Waals surface area (Å²) in [5.74, 6) is 0.00889. The predicted molar refractivity (Wildman–Crippen MR) is 28.3 cm³/mol. The van der Waals surface area contributed by atoms with E-state index in [0.29, 0.717) is 0 Å². The summed E-state index contributed by atoms with van der Waals surface area (Å²) in [5.41, 5.74) is 0. The highest BCUT2D eigenvalue weighted by molar-refractivity contribution is 5.85. The third kappa shape index (κ3) is 3.86. The lowest BCUT2D eigenvalue weighted by Crippen LogP contribution is -2.33. The summed E-state index contributed by atoms with van der Waals surface area (Å²) in [7, 11) is 0. The smallest absolute Gasteiger partial charge is 0.298 e. The molecule has 0 bridgehead atoms. The van der Waals surface area contributed by atoms with E-state index in [1.165, 1.54) is 0 Å². The number of rotatable bonds is 3. The molecule has 0 amide bonds. The fourth-order valence-electron chi connectivity index (χ4n) is 0.174. The van der Waals surface area contributed by atoms with Crippen LogP contribution in [-0.4, -0.2) is 19.0 Å². The second kappa shape index (κ2) is 4.70. The van der Waals surface area contributed by atoms with E-state index in [1.807, 2.05) is 0 Å². The number of hydrogen-bond donors (Lipinski definition) is 1. The average molecular weight is 184 g/mol. The maximum absolute atomic E-state index is 11.6. The van der Waals surface area contributed by atoms with Crippen molar-refractivity contribution in [3.8, 4) is 0 Å². The van der Waals surface area contributed by atoms with Crippen molar-refractivity contribution in [2.24, 2.45) is 5.90 Å². The van der Waals surface area contributed by atoms with Crippen molar-refractivity contribution < 1.29 is 22.4 Å². The molecule has 0 saturated heterocycles. The molecule has 2 N–H and O–H groups in total. The molecule has 64 valence electrons. The molecule has 0 unspecified atom stereocenters. The van der Waals surface area contributed by atoms with Gasteiger partial charge in [-0.3, -0.25) is 4.84 Å². The van der Waals surface area contributed by atoms with Crippen LogP contribution >= 0.6 is 12.4 Å². The molecule has 0 aromatic heterocycles. The zero-order valence-electron chi connectivity index (χ0n) is 4.69. The Morgan fingerprint density at radius 2 is 1.80 bits per heavy atom. The molecule has 0 fully saturated rings. The van der Waals surface area contributed by atoms with E-state index in [9.17, 15) is 17.6 Å². The molecule has 0 rings (SSSR count). The van der Waals surface area contributed by atoms with Crippen molar-refractivity contribution in [1.29, 1.82) is 0 Å². The van der Waals surface area contributed by atoms with Crippen LogP contribution in [0.4, 0.5) is 17.6 Å². The molecule has 10 heavy (non-hydrogen) atoms. The second-order valence-electron chi connectivity index (χ2n) is 1.37. The molecule has 0 aromatic carbocycles. The summed E-state index contributed by atoms with van der Waals surface area (Å²) in [5, 5.41) is 0. The van der Waals surface area contributed by atoms with Gasteiger partial charge in [-0.05, 0) is 0 Å². The highest BCUT2D eigenvalue weighted by Crippen LogP contribution is 2.21. The van der Waals surface area contributed by atoms with Crippen LogP contribution < -0.4 is 5.90 Å². The fraction of sp³-hybridized carbons (Fsp3) is 1.00. The van der Waals surface area contributed by atoms with Gasteiger partial charge in [0, 0.05) is 0 Å². The topological polar surface area (TPSA) is 35.2 Å². The van der Waals surface area contributed by atoms with E-state index in [4.69, 9.17) is 0 Å². The van der Waals surface area contributed by atoms with Crippen molar-refractivity contribution in [1.82, 2.24) is 0 Å². The summed E-state index contributed by atoms with van der Waals surface area (Å²) < 4.78 is 45.4. The zero-order chi connectivity index (χ0) is 7.49. The minimum absolute atomic E-state index is 0. The minimum Gasteiger partial charge on any atom is -0.298 e. The third-order valence-corrected chi connectivity index (χ3v) is 0.595. The first-order chi connectivity index (χ1) is 4.00. The SMILES string of the molecule is Cl.NOCC(F)(F)C(F)F. The zero-order valence-corrected chi connectivity index (χ0v) is 5.51. The molecule has 0 atom stereocenters. The number of halogens is 5. The summed E-state index contributed by atoms with van der Waals surface area (Å²) >= 11 is 0. The van der Waals surface area contributed by atoms with Crippen molar-refractivity contribution >= 4 is 12.4 Å². The largest absolute Gasteiger partial charge is 0.332 e. The van der Waals surface area contributed by atoms with E-state index in [0.717, 1.165) is 0 Å².